The van der Waals surface area contributed by atoms with Crippen molar-refractivity contribution < 1.29 is 14.3 Å². The molecule has 5 rings (SSSR count). The van der Waals surface area contributed by atoms with Gasteiger partial charge in [-0.1, -0.05) is 48.5 Å². The van der Waals surface area contributed by atoms with Gasteiger partial charge in [-0.3, -0.25) is 14.5 Å². The molecule has 0 aliphatic carbocycles. The molecule has 1 aromatic heterocycles. The van der Waals surface area contributed by atoms with E-state index in [1.807, 2.05) is 97.2 Å². The van der Waals surface area contributed by atoms with Crippen LogP contribution < -0.4 is 4.74 Å². The van der Waals surface area contributed by atoms with Crippen molar-refractivity contribution in [1.29, 1.82) is 5.26 Å². The summed E-state index contributed by atoms with van der Waals surface area (Å²) in [4.78, 5) is 27.0. The van der Waals surface area contributed by atoms with Crippen molar-refractivity contribution in [3.8, 4) is 28.8 Å². The van der Waals surface area contributed by atoms with Crippen LogP contribution in [0.2, 0.25) is 0 Å². The van der Waals surface area contributed by atoms with Crippen LogP contribution in [-0.2, 0) is 16.2 Å². The number of para-hydroxylation sites is 1. The number of imide groups is 1. The highest BCUT2D eigenvalue weighted by Crippen LogP contribution is 2.31. The van der Waals surface area contributed by atoms with Crippen molar-refractivity contribution in [2.45, 2.75) is 20.5 Å². The van der Waals surface area contributed by atoms with Crippen LogP contribution in [0.4, 0.5) is 0 Å². The summed E-state index contributed by atoms with van der Waals surface area (Å²) in [5.41, 5.74) is 4.73. The van der Waals surface area contributed by atoms with Gasteiger partial charge in [-0.25, -0.2) is 4.68 Å². The molecule has 0 atom stereocenters. The molecule has 7 heteroatoms. The van der Waals surface area contributed by atoms with Gasteiger partial charge < -0.3 is 4.74 Å². The molecule has 0 N–H and O–H groups in total. The quantitative estimate of drug-likeness (QED) is 0.232. The number of nitriles is 1. The van der Waals surface area contributed by atoms with Crippen LogP contribution in [0, 0.1) is 11.3 Å². The molecule has 1 aliphatic rings. The minimum Gasteiger partial charge on any atom is -0.489 e. The number of carbonyl (C=O) groups is 2. The Hall–Kier alpha value is -5.22. The molecule has 0 bridgehead atoms. The van der Waals surface area contributed by atoms with Crippen LogP contribution in [-0.4, -0.2) is 33.0 Å². The summed E-state index contributed by atoms with van der Waals surface area (Å²) >= 11 is 0. The Morgan fingerprint density at radius 3 is 2.23 bits per heavy atom. The zero-order valence-electron chi connectivity index (χ0n) is 21.7. The van der Waals surface area contributed by atoms with Crippen molar-refractivity contribution >= 4 is 17.9 Å². The molecule has 0 fully saturated rings. The number of rotatable bonds is 7. The van der Waals surface area contributed by atoms with Gasteiger partial charge >= 0.3 is 0 Å². The molecule has 1 aliphatic heterocycles. The first-order valence-corrected chi connectivity index (χ1v) is 12.6. The number of likely N-dealkylation sites (N-methyl/N-ethyl adjacent to an activating group) is 1. The third-order valence-electron chi connectivity index (χ3n) is 6.58. The second-order valence-corrected chi connectivity index (χ2v) is 9.04. The SMILES string of the molecule is CCN1C(=O)C(C#N)=C(C)/C(=C\c2cn(-c3ccccc3)nc2-c2ccc(OCc3ccccc3)cc2)C1=O. The van der Waals surface area contributed by atoms with Crippen molar-refractivity contribution in [3.05, 3.63) is 119 Å². The van der Waals surface area contributed by atoms with E-state index in [0.717, 1.165) is 27.5 Å². The third kappa shape index (κ3) is 5.13. The Bertz CT molecular complexity index is 1630. The number of hydrogen-bond acceptors (Lipinski definition) is 5. The molecule has 0 saturated heterocycles. The molecule has 2 amide bonds. The van der Waals surface area contributed by atoms with Crippen LogP contribution in [0.5, 0.6) is 5.75 Å². The number of benzene rings is 3. The van der Waals surface area contributed by atoms with E-state index in [1.54, 1.807) is 24.6 Å². The van der Waals surface area contributed by atoms with Crippen molar-refractivity contribution in [2.24, 2.45) is 0 Å². The lowest BCUT2D eigenvalue weighted by Crippen LogP contribution is -2.42. The minimum absolute atomic E-state index is 0.0281. The topological polar surface area (TPSA) is 88.2 Å². The fourth-order valence-electron chi connectivity index (χ4n) is 4.45. The molecule has 0 saturated carbocycles. The fourth-order valence-corrected chi connectivity index (χ4v) is 4.45. The number of aromatic nitrogens is 2. The van der Waals surface area contributed by atoms with E-state index < -0.39 is 11.8 Å². The Labute approximate surface area is 226 Å². The van der Waals surface area contributed by atoms with Crippen LogP contribution in [0.25, 0.3) is 23.0 Å². The van der Waals surface area contributed by atoms with E-state index in [9.17, 15) is 14.9 Å². The van der Waals surface area contributed by atoms with Gasteiger partial charge in [-0.05, 0) is 67.5 Å². The first-order chi connectivity index (χ1) is 19.0. The summed E-state index contributed by atoms with van der Waals surface area (Å²) < 4.78 is 7.69. The number of carbonyl (C=O) groups excluding carboxylic acids is 2. The molecule has 4 aromatic rings. The van der Waals surface area contributed by atoms with Crippen molar-refractivity contribution in [1.82, 2.24) is 14.7 Å². The van der Waals surface area contributed by atoms with E-state index in [0.29, 0.717) is 29.0 Å². The maximum Gasteiger partial charge on any atom is 0.271 e. The number of nitrogens with zero attached hydrogens (tertiary/aromatic N) is 4. The summed E-state index contributed by atoms with van der Waals surface area (Å²) in [6, 6.07) is 29.2. The number of ether oxygens (including phenoxy) is 1. The molecule has 0 unspecified atom stereocenters. The predicted octanol–water partition coefficient (Wildman–Crippen LogP) is 5.73. The lowest BCUT2D eigenvalue weighted by molar-refractivity contribution is -0.140. The lowest BCUT2D eigenvalue weighted by atomic mass is 9.93. The van der Waals surface area contributed by atoms with Gasteiger partial charge in [0.1, 0.15) is 24.0 Å². The average Bonchev–Trinajstić information content (AvgIpc) is 3.40. The lowest BCUT2D eigenvalue weighted by Gasteiger charge is -2.26. The van der Waals surface area contributed by atoms with Gasteiger partial charge in [0.15, 0.2) is 0 Å². The van der Waals surface area contributed by atoms with Crippen molar-refractivity contribution in [3.63, 3.8) is 0 Å². The van der Waals surface area contributed by atoms with E-state index in [4.69, 9.17) is 9.84 Å². The van der Waals surface area contributed by atoms with Crippen LogP contribution in [0.15, 0.2) is 108 Å². The molecule has 192 valence electrons. The van der Waals surface area contributed by atoms with E-state index in [-0.39, 0.29) is 12.1 Å². The highest BCUT2D eigenvalue weighted by Gasteiger charge is 2.34. The van der Waals surface area contributed by atoms with Crippen LogP contribution >= 0.6 is 0 Å². The maximum atomic E-state index is 13.3. The molecule has 39 heavy (non-hydrogen) atoms. The second-order valence-electron chi connectivity index (χ2n) is 9.04. The first-order valence-electron chi connectivity index (χ1n) is 12.6. The Morgan fingerprint density at radius 1 is 0.923 bits per heavy atom. The Morgan fingerprint density at radius 2 is 1.59 bits per heavy atom. The van der Waals surface area contributed by atoms with E-state index in [1.165, 1.54) is 0 Å². The van der Waals surface area contributed by atoms with Gasteiger partial charge in [0.25, 0.3) is 11.8 Å². The largest absolute Gasteiger partial charge is 0.489 e. The highest BCUT2D eigenvalue weighted by molar-refractivity contribution is 6.19. The number of amides is 2. The Balaban J connectivity index is 1.55. The molecule has 3 aromatic carbocycles. The third-order valence-corrected chi connectivity index (χ3v) is 6.58. The second kappa shape index (κ2) is 11.0. The molecule has 7 nitrogen and oxygen atoms in total. The molecule has 0 spiro atoms. The molecular weight excluding hydrogens is 488 g/mol. The monoisotopic (exact) mass is 514 g/mol. The molecule has 0 radical (unpaired) electrons. The molecular formula is C32H26N4O3. The first kappa shape index (κ1) is 25.4. The maximum absolute atomic E-state index is 13.3. The summed E-state index contributed by atoms with van der Waals surface area (Å²) in [6.45, 7) is 3.98. The summed E-state index contributed by atoms with van der Waals surface area (Å²) in [6.07, 6.45) is 3.56. The zero-order valence-corrected chi connectivity index (χ0v) is 21.7. The average molecular weight is 515 g/mol. The summed E-state index contributed by atoms with van der Waals surface area (Å²) in [7, 11) is 0. The van der Waals surface area contributed by atoms with E-state index in [2.05, 4.69) is 0 Å². The smallest absolute Gasteiger partial charge is 0.271 e. The minimum atomic E-state index is -0.564. The summed E-state index contributed by atoms with van der Waals surface area (Å²) in [5, 5.41) is 14.5. The van der Waals surface area contributed by atoms with Gasteiger partial charge in [0.2, 0.25) is 0 Å². The Kier molecular flexibility index (Phi) is 7.19. The number of hydrogen-bond donors (Lipinski definition) is 0. The highest BCUT2D eigenvalue weighted by atomic mass is 16.5. The van der Waals surface area contributed by atoms with Gasteiger partial charge in [-0.2, -0.15) is 10.4 Å². The predicted molar refractivity (Wildman–Crippen MR) is 148 cm³/mol. The van der Waals surface area contributed by atoms with Crippen LogP contribution in [0.1, 0.15) is 25.0 Å². The standard InChI is InChI=1S/C32H26N4O3/c1-3-35-31(37)28(22(2)29(19-33)32(35)38)18-25-20-36(26-12-8-5-9-13-26)34-30(25)24-14-16-27(17-15-24)39-21-23-10-6-4-7-11-23/h4-18,20H,3,21H2,1-2H3/b28-18+. The fraction of sp³-hybridized carbons (Fsp3) is 0.125. The zero-order chi connectivity index (χ0) is 27.4. The molecule has 2 heterocycles. The van der Waals surface area contributed by atoms with E-state index >= 15 is 0 Å². The van der Waals surface area contributed by atoms with Crippen molar-refractivity contribution in [2.75, 3.05) is 6.54 Å². The normalized spacial score (nSPS) is 14.6. The van der Waals surface area contributed by atoms with Gasteiger partial charge in [0.05, 0.1) is 11.4 Å². The van der Waals surface area contributed by atoms with Crippen LogP contribution in [0.3, 0.4) is 0 Å². The summed E-state index contributed by atoms with van der Waals surface area (Å²) in [5.74, 6) is -0.269. The van der Waals surface area contributed by atoms with Gasteiger partial charge in [-0.15, -0.1) is 0 Å². The van der Waals surface area contributed by atoms with Gasteiger partial charge in [0, 0.05) is 29.4 Å².